The molecular weight excluding hydrogens is 162 g/mol. The second-order valence-corrected chi connectivity index (χ2v) is 1.22. The van der Waals surface area contributed by atoms with Crippen molar-refractivity contribution >= 4 is 24.4 Å². The third-order valence-corrected chi connectivity index (χ3v) is 0.531. The van der Waals surface area contributed by atoms with E-state index >= 15 is 0 Å². The van der Waals surface area contributed by atoms with E-state index in [-0.39, 0.29) is 12.4 Å². The highest BCUT2D eigenvalue weighted by Gasteiger charge is 1.98. The zero-order chi connectivity index (χ0) is 7.28. The summed E-state index contributed by atoms with van der Waals surface area (Å²) in [5, 5.41) is 9.93. The number of rotatable bonds is 2. The predicted molar refractivity (Wildman–Crippen MR) is 35.6 cm³/mol. The van der Waals surface area contributed by atoms with Crippen LogP contribution in [-0.4, -0.2) is 23.7 Å². The van der Waals surface area contributed by atoms with Gasteiger partial charge in [-0.3, -0.25) is 10.2 Å². The second-order valence-electron chi connectivity index (χ2n) is 1.22. The average molecular weight is 170 g/mol. The molecule has 0 radical (unpaired) electrons. The zero-order valence-corrected chi connectivity index (χ0v) is 5.77. The van der Waals surface area contributed by atoms with E-state index in [1.165, 1.54) is 0 Å². The first kappa shape index (κ1) is 11.7. The number of carboxylic acid groups (broad SMARTS) is 1. The summed E-state index contributed by atoms with van der Waals surface area (Å²) in [6.07, 6.45) is 0. The Bertz CT molecular complexity index is 128. The first-order valence-electron chi connectivity index (χ1n) is 2.13. The summed E-state index contributed by atoms with van der Waals surface area (Å²) < 4.78 is 0. The SMILES string of the molecule is Cl.NNC(=O)NCC(=O)O. The van der Waals surface area contributed by atoms with Gasteiger partial charge in [0, 0.05) is 0 Å². The van der Waals surface area contributed by atoms with E-state index in [0.29, 0.717) is 0 Å². The van der Waals surface area contributed by atoms with Crippen molar-refractivity contribution in [3.63, 3.8) is 0 Å². The Balaban J connectivity index is 0. The maximum Gasteiger partial charge on any atom is 0.329 e. The molecule has 0 spiro atoms. The Hall–Kier alpha value is -1.01. The minimum Gasteiger partial charge on any atom is -0.480 e. The van der Waals surface area contributed by atoms with Crippen LogP contribution in [0.3, 0.4) is 0 Å². The van der Waals surface area contributed by atoms with Gasteiger partial charge < -0.3 is 10.4 Å². The van der Waals surface area contributed by atoms with Crippen LogP contribution in [0.15, 0.2) is 0 Å². The lowest BCUT2D eigenvalue weighted by Crippen LogP contribution is -2.41. The van der Waals surface area contributed by atoms with E-state index in [1.54, 1.807) is 5.43 Å². The fourth-order valence-corrected chi connectivity index (χ4v) is 0.207. The van der Waals surface area contributed by atoms with E-state index in [4.69, 9.17) is 5.11 Å². The molecule has 60 valence electrons. The van der Waals surface area contributed by atoms with Crippen molar-refractivity contribution in [2.45, 2.75) is 0 Å². The minimum atomic E-state index is -1.11. The number of urea groups is 1. The zero-order valence-electron chi connectivity index (χ0n) is 4.96. The van der Waals surface area contributed by atoms with Gasteiger partial charge in [-0.15, -0.1) is 12.4 Å². The molecule has 0 fully saturated rings. The molecule has 0 aliphatic rings. The Kier molecular flexibility index (Phi) is 7.18. The average Bonchev–Trinajstić information content (AvgIpc) is 1.83. The molecule has 0 aromatic rings. The number of hydrogen-bond donors (Lipinski definition) is 4. The summed E-state index contributed by atoms with van der Waals surface area (Å²) in [6, 6.07) is -0.711. The van der Waals surface area contributed by atoms with Crippen molar-refractivity contribution in [2.24, 2.45) is 5.84 Å². The van der Waals surface area contributed by atoms with Crippen molar-refractivity contribution in [1.29, 1.82) is 0 Å². The molecule has 0 rings (SSSR count). The van der Waals surface area contributed by atoms with E-state index in [9.17, 15) is 9.59 Å². The van der Waals surface area contributed by atoms with Crippen LogP contribution in [0.4, 0.5) is 4.79 Å². The van der Waals surface area contributed by atoms with Crippen LogP contribution in [0.25, 0.3) is 0 Å². The Morgan fingerprint density at radius 2 is 2.00 bits per heavy atom. The lowest BCUT2D eigenvalue weighted by atomic mass is 10.7. The van der Waals surface area contributed by atoms with Crippen LogP contribution >= 0.6 is 12.4 Å². The summed E-state index contributed by atoms with van der Waals surface area (Å²) in [7, 11) is 0. The van der Waals surface area contributed by atoms with Crippen LogP contribution in [0.5, 0.6) is 0 Å². The number of nitrogens with one attached hydrogen (secondary N) is 2. The number of hydrogen-bond acceptors (Lipinski definition) is 3. The predicted octanol–water partition coefficient (Wildman–Crippen LogP) is -1.33. The number of amides is 2. The van der Waals surface area contributed by atoms with Gasteiger partial charge in [0.05, 0.1) is 0 Å². The van der Waals surface area contributed by atoms with E-state index in [0.717, 1.165) is 0 Å². The third-order valence-electron chi connectivity index (χ3n) is 0.531. The van der Waals surface area contributed by atoms with Gasteiger partial charge in [-0.05, 0) is 0 Å². The quantitative estimate of drug-likeness (QED) is 0.233. The van der Waals surface area contributed by atoms with Crippen molar-refractivity contribution in [2.75, 3.05) is 6.54 Å². The first-order chi connectivity index (χ1) is 4.16. The van der Waals surface area contributed by atoms with Gasteiger partial charge >= 0.3 is 12.0 Å². The second kappa shape index (κ2) is 6.12. The maximum atomic E-state index is 10.1. The normalized spacial score (nSPS) is 7.30. The number of hydrazine groups is 1. The van der Waals surface area contributed by atoms with Gasteiger partial charge in [0.2, 0.25) is 0 Å². The van der Waals surface area contributed by atoms with Crippen molar-refractivity contribution in [1.82, 2.24) is 10.7 Å². The molecule has 10 heavy (non-hydrogen) atoms. The molecule has 0 saturated heterocycles. The monoisotopic (exact) mass is 169 g/mol. The summed E-state index contributed by atoms with van der Waals surface area (Å²) >= 11 is 0. The number of nitrogens with two attached hydrogens (primary N) is 1. The minimum absolute atomic E-state index is 0. The topological polar surface area (TPSA) is 104 Å². The number of carbonyl (C=O) groups is 2. The molecule has 0 heterocycles. The lowest BCUT2D eigenvalue weighted by molar-refractivity contribution is -0.135. The van der Waals surface area contributed by atoms with Gasteiger partial charge in [0.1, 0.15) is 6.54 Å². The highest BCUT2D eigenvalue weighted by molar-refractivity contribution is 5.85. The summed E-state index contributed by atoms with van der Waals surface area (Å²) in [6.45, 7) is -0.428. The first-order valence-corrected chi connectivity index (χ1v) is 2.13. The van der Waals surface area contributed by atoms with Crippen molar-refractivity contribution in [3.05, 3.63) is 0 Å². The summed E-state index contributed by atoms with van der Waals surface area (Å²) in [5.41, 5.74) is 1.71. The molecule has 0 aliphatic heterocycles. The molecule has 0 atom stereocenters. The number of aliphatic carboxylic acids is 1. The number of carboxylic acids is 1. The lowest BCUT2D eigenvalue weighted by Gasteiger charge is -1.97. The molecule has 0 aromatic carbocycles. The smallest absolute Gasteiger partial charge is 0.329 e. The summed E-state index contributed by atoms with van der Waals surface area (Å²) in [4.78, 5) is 19.8. The van der Waals surface area contributed by atoms with Gasteiger partial charge in [0.15, 0.2) is 0 Å². The van der Waals surface area contributed by atoms with E-state index in [1.807, 2.05) is 5.32 Å². The highest BCUT2D eigenvalue weighted by atomic mass is 35.5. The molecular formula is C3H8ClN3O3. The van der Waals surface area contributed by atoms with Gasteiger partial charge in [-0.2, -0.15) is 0 Å². The number of halogens is 1. The Morgan fingerprint density at radius 1 is 1.50 bits per heavy atom. The van der Waals surface area contributed by atoms with Gasteiger partial charge in [-0.1, -0.05) is 0 Å². The van der Waals surface area contributed by atoms with Crippen LogP contribution in [0.2, 0.25) is 0 Å². The van der Waals surface area contributed by atoms with Crippen LogP contribution in [0.1, 0.15) is 0 Å². The molecule has 0 saturated carbocycles. The summed E-state index contributed by atoms with van der Waals surface area (Å²) in [5.74, 6) is 3.49. The van der Waals surface area contributed by atoms with Crippen molar-refractivity contribution < 1.29 is 14.7 Å². The molecule has 0 aliphatic carbocycles. The molecule has 6 nitrogen and oxygen atoms in total. The van der Waals surface area contributed by atoms with E-state index < -0.39 is 18.5 Å². The van der Waals surface area contributed by atoms with Crippen LogP contribution < -0.4 is 16.6 Å². The highest BCUT2D eigenvalue weighted by Crippen LogP contribution is 1.60. The van der Waals surface area contributed by atoms with E-state index in [2.05, 4.69) is 5.84 Å². The largest absolute Gasteiger partial charge is 0.480 e. The Morgan fingerprint density at radius 3 is 2.30 bits per heavy atom. The molecule has 0 bridgehead atoms. The third kappa shape index (κ3) is 6.99. The van der Waals surface area contributed by atoms with Crippen molar-refractivity contribution in [3.8, 4) is 0 Å². The molecule has 5 N–H and O–H groups in total. The fraction of sp³-hybridized carbons (Fsp3) is 0.333. The van der Waals surface area contributed by atoms with Gasteiger partial charge in [-0.25, -0.2) is 10.6 Å². The molecule has 2 amide bonds. The Labute approximate surface area is 63.1 Å². The fourth-order valence-electron chi connectivity index (χ4n) is 0.207. The maximum absolute atomic E-state index is 10.1. The number of carbonyl (C=O) groups excluding carboxylic acids is 1. The van der Waals surface area contributed by atoms with Gasteiger partial charge in [0.25, 0.3) is 0 Å². The molecule has 0 aromatic heterocycles. The van der Waals surface area contributed by atoms with Crippen LogP contribution in [-0.2, 0) is 4.79 Å². The standard InChI is InChI=1S/C3H7N3O3.ClH/c4-6-3(9)5-1-2(7)8;/h1,4H2,(H,7,8)(H2,5,6,9);1H. The molecule has 7 heteroatoms. The van der Waals surface area contributed by atoms with Crippen LogP contribution in [0, 0.1) is 0 Å². The molecule has 0 unspecified atom stereocenters.